The van der Waals surface area contributed by atoms with E-state index < -0.39 is 6.10 Å². The van der Waals surface area contributed by atoms with Gasteiger partial charge in [0.25, 0.3) is 0 Å². The maximum atomic E-state index is 10.1. The quantitative estimate of drug-likeness (QED) is 0.751. The monoisotopic (exact) mass is 276 g/mol. The van der Waals surface area contributed by atoms with E-state index in [9.17, 15) is 5.11 Å². The number of halogens is 1. The molecule has 0 amide bonds. The molecule has 4 heteroatoms. The highest BCUT2D eigenvalue weighted by atomic mass is 35.5. The van der Waals surface area contributed by atoms with Crippen LogP contribution in [0.15, 0.2) is 42.5 Å². The molecule has 0 radical (unpaired) electrons. The van der Waals surface area contributed by atoms with E-state index in [2.05, 4.69) is 5.32 Å². The van der Waals surface area contributed by atoms with Gasteiger partial charge in [-0.05, 0) is 48.4 Å². The smallest absolute Gasteiger partial charge is 0.0963 e. The average Bonchev–Trinajstić information content (AvgIpc) is 2.41. The molecular formula is C15H17ClN2O. The molecule has 4 N–H and O–H groups in total. The van der Waals surface area contributed by atoms with Crippen molar-refractivity contribution in [3.63, 3.8) is 0 Å². The molecule has 3 nitrogen and oxygen atoms in total. The summed E-state index contributed by atoms with van der Waals surface area (Å²) in [6.45, 7) is 2.36. The van der Waals surface area contributed by atoms with Crippen LogP contribution in [0.2, 0.25) is 5.02 Å². The van der Waals surface area contributed by atoms with E-state index in [1.807, 2.05) is 37.3 Å². The standard InChI is InChI=1S/C15H17ClN2O/c1-10-2-3-11(8-14(10)17)15(19)9-18-13-6-4-12(16)5-7-13/h2-8,15,18-19H,9,17H2,1H3. The van der Waals surface area contributed by atoms with Crippen molar-refractivity contribution in [1.29, 1.82) is 0 Å². The fourth-order valence-corrected chi connectivity index (χ4v) is 1.89. The summed E-state index contributed by atoms with van der Waals surface area (Å²) in [5.41, 5.74) is 9.28. The van der Waals surface area contributed by atoms with Gasteiger partial charge in [-0.25, -0.2) is 0 Å². The molecule has 19 heavy (non-hydrogen) atoms. The van der Waals surface area contributed by atoms with Gasteiger partial charge in [0.05, 0.1) is 6.10 Å². The molecule has 0 heterocycles. The number of hydrogen-bond donors (Lipinski definition) is 3. The summed E-state index contributed by atoms with van der Waals surface area (Å²) < 4.78 is 0. The average molecular weight is 277 g/mol. The number of aliphatic hydroxyl groups is 1. The molecule has 2 rings (SSSR count). The lowest BCUT2D eigenvalue weighted by Crippen LogP contribution is -2.12. The first kappa shape index (κ1) is 13.7. The zero-order chi connectivity index (χ0) is 13.8. The molecule has 0 bridgehead atoms. The topological polar surface area (TPSA) is 58.3 Å². The summed E-state index contributed by atoms with van der Waals surface area (Å²) in [6.07, 6.45) is -0.599. The van der Waals surface area contributed by atoms with Gasteiger partial charge in [-0.2, -0.15) is 0 Å². The number of aliphatic hydroxyl groups excluding tert-OH is 1. The van der Waals surface area contributed by atoms with Crippen molar-refractivity contribution in [2.24, 2.45) is 0 Å². The van der Waals surface area contributed by atoms with Gasteiger partial charge in [0.2, 0.25) is 0 Å². The van der Waals surface area contributed by atoms with Gasteiger partial charge in [0.1, 0.15) is 0 Å². The van der Waals surface area contributed by atoms with Crippen LogP contribution < -0.4 is 11.1 Å². The van der Waals surface area contributed by atoms with Crippen LogP contribution in [-0.4, -0.2) is 11.7 Å². The predicted molar refractivity (Wildman–Crippen MR) is 80.5 cm³/mol. The largest absolute Gasteiger partial charge is 0.399 e. The van der Waals surface area contributed by atoms with Gasteiger partial charge in [-0.3, -0.25) is 0 Å². The Bertz CT molecular complexity index is 555. The molecular weight excluding hydrogens is 260 g/mol. The second kappa shape index (κ2) is 5.95. The predicted octanol–water partition coefficient (Wildman–Crippen LogP) is 3.38. The molecule has 0 saturated carbocycles. The highest BCUT2D eigenvalue weighted by molar-refractivity contribution is 6.30. The molecule has 100 valence electrons. The Hall–Kier alpha value is -1.71. The zero-order valence-electron chi connectivity index (χ0n) is 10.7. The van der Waals surface area contributed by atoms with Crippen LogP contribution >= 0.6 is 11.6 Å². The van der Waals surface area contributed by atoms with Crippen molar-refractivity contribution in [2.75, 3.05) is 17.6 Å². The summed E-state index contributed by atoms with van der Waals surface area (Å²) in [7, 11) is 0. The first-order chi connectivity index (χ1) is 9.06. The van der Waals surface area contributed by atoms with Crippen molar-refractivity contribution in [2.45, 2.75) is 13.0 Å². The Morgan fingerprint density at radius 2 is 1.89 bits per heavy atom. The van der Waals surface area contributed by atoms with Gasteiger partial charge in [-0.1, -0.05) is 23.7 Å². The maximum Gasteiger partial charge on any atom is 0.0963 e. The SMILES string of the molecule is Cc1ccc(C(O)CNc2ccc(Cl)cc2)cc1N. The number of rotatable bonds is 4. The Morgan fingerprint density at radius 1 is 1.21 bits per heavy atom. The van der Waals surface area contributed by atoms with Crippen LogP contribution in [0.1, 0.15) is 17.2 Å². The molecule has 0 aromatic heterocycles. The van der Waals surface area contributed by atoms with Crippen LogP contribution in [0, 0.1) is 6.92 Å². The van der Waals surface area contributed by atoms with E-state index >= 15 is 0 Å². The fourth-order valence-electron chi connectivity index (χ4n) is 1.77. The molecule has 0 aliphatic rings. The zero-order valence-corrected chi connectivity index (χ0v) is 11.5. The number of nitrogens with one attached hydrogen (secondary N) is 1. The second-order valence-electron chi connectivity index (χ2n) is 4.52. The summed E-state index contributed by atoms with van der Waals surface area (Å²) in [5.74, 6) is 0. The lowest BCUT2D eigenvalue weighted by Gasteiger charge is -2.14. The van der Waals surface area contributed by atoms with Crippen LogP contribution in [0.3, 0.4) is 0 Å². The first-order valence-corrected chi connectivity index (χ1v) is 6.47. The van der Waals surface area contributed by atoms with E-state index in [0.717, 1.165) is 16.8 Å². The third-order valence-electron chi connectivity index (χ3n) is 3.03. The summed E-state index contributed by atoms with van der Waals surface area (Å²) >= 11 is 5.81. The van der Waals surface area contributed by atoms with E-state index in [-0.39, 0.29) is 0 Å². The van der Waals surface area contributed by atoms with Gasteiger partial charge in [0.15, 0.2) is 0 Å². The summed E-state index contributed by atoms with van der Waals surface area (Å²) in [5, 5.41) is 14.0. The van der Waals surface area contributed by atoms with Crippen molar-refractivity contribution in [3.8, 4) is 0 Å². The lowest BCUT2D eigenvalue weighted by atomic mass is 10.1. The highest BCUT2D eigenvalue weighted by Gasteiger charge is 2.08. The van der Waals surface area contributed by atoms with Gasteiger partial charge in [0, 0.05) is 22.9 Å². The van der Waals surface area contributed by atoms with E-state index in [0.29, 0.717) is 17.3 Å². The Kier molecular flexibility index (Phi) is 4.30. The Labute approximate surface area is 118 Å². The normalized spacial score (nSPS) is 12.2. The van der Waals surface area contributed by atoms with E-state index in [1.54, 1.807) is 12.1 Å². The minimum atomic E-state index is -0.599. The fraction of sp³-hybridized carbons (Fsp3) is 0.200. The minimum Gasteiger partial charge on any atom is -0.399 e. The Morgan fingerprint density at radius 3 is 2.53 bits per heavy atom. The van der Waals surface area contributed by atoms with Gasteiger partial charge >= 0.3 is 0 Å². The van der Waals surface area contributed by atoms with Crippen LogP contribution in [-0.2, 0) is 0 Å². The molecule has 2 aromatic carbocycles. The molecule has 1 atom stereocenters. The van der Waals surface area contributed by atoms with Gasteiger partial charge in [-0.15, -0.1) is 0 Å². The number of anilines is 2. The highest BCUT2D eigenvalue weighted by Crippen LogP contribution is 2.20. The maximum absolute atomic E-state index is 10.1. The lowest BCUT2D eigenvalue weighted by molar-refractivity contribution is 0.191. The number of aryl methyl sites for hydroxylation is 1. The molecule has 0 aliphatic heterocycles. The van der Waals surface area contributed by atoms with Crippen molar-refractivity contribution in [1.82, 2.24) is 0 Å². The molecule has 0 aliphatic carbocycles. The Balaban J connectivity index is 1.98. The molecule has 0 spiro atoms. The summed E-state index contributed by atoms with van der Waals surface area (Å²) in [4.78, 5) is 0. The number of benzene rings is 2. The molecule has 2 aromatic rings. The van der Waals surface area contributed by atoms with Crippen molar-refractivity contribution < 1.29 is 5.11 Å². The second-order valence-corrected chi connectivity index (χ2v) is 4.96. The van der Waals surface area contributed by atoms with Crippen LogP contribution in [0.4, 0.5) is 11.4 Å². The third-order valence-corrected chi connectivity index (χ3v) is 3.28. The third kappa shape index (κ3) is 3.63. The number of hydrogen-bond acceptors (Lipinski definition) is 3. The molecule has 0 saturated heterocycles. The summed E-state index contributed by atoms with van der Waals surface area (Å²) in [6, 6.07) is 13.0. The van der Waals surface area contributed by atoms with Crippen LogP contribution in [0.25, 0.3) is 0 Å². The van der Waals surface area contributed by atoms with Crippen LogP contribution in [0.5, 0.6) is 0 Å². The first-order valence-electron chi connectivity index (χ1n) is 6.10. The van der Waals surface area contributed by atoms with Gasteiger partial charge < -0.3 is 16.2 Å². The number of nitrogen functional groups attached to an aromatic ring is 1. The number of nitrogens with two attached hydrogens (primary N) is 1. The van der Waals surface area contributed by atoms with Crippen molar-refractivity contribution in [3.05, 3.63) is 58.6 Å². The minimum absolute atomic E-state index is 0.421. The molecule has 0 fully saturated rings. The van der Waals surface area contributed by atoms with E-state index in [1.165, 1.54) is 0 Å². The van der Waals surface area contributed by atoms with Crippen molar-refractivity contribution >= 4 is 23.0 Å². The van der Waals surface area contributed by atoms with E-state index in [4.69, 9.17) is 17.3 Å². The molecule has 1 unspecified atom stereocenters.